The van der Waals surface area contributed by atoms with Crippen molar-refractivity contribution in [1.29, 1.82) is 0 Å². The molecule has 120 valence electrons. The Bertz CT molecular complexity index is 518. The summed E-state index contributed by atoms with van der Waals surface area (Å²) in [5.74, 6) is 2.23. The number of carbonyl (C=O) groups excluding carboxylic acids is 1. The van der Waals surface area contributed by atoms with Crippen molar-refractivity contribution in [3.63, 3.8) is 0 Å². The lowest BCUT2D eigenvalue weighted by molar-refractivity contribution is -0.128. The van der Waals surface area contributed by atoms with Gasteiger partial charge >= 0.3 is 0 Å². The number of hydrogen-bond donors (Lipinski definition) is 2. The van der Waals surface area contributed by atoms with E-state index in [2.05, 4.69) is 5.32 Å². The lowest BCUT2D eigenvalue weighted by Crippen LogP contribution is -2.49. The van der Waals surface area contributed by atoms with Crippen LogP contribution in [-0.4, -0.2) is 19.1 Å². The Balaban J connectivity index is 1.56. The monoisotopic (exact) mass is 302 g/mol. The van der Waals surface area contributed by atoms with Gasteiger partial charge < -0.3 is 15.8 Å². The highest BCUT2D eigenvalue weighted by Crippen LogP contribution is 2.41. The Kier molecular flexibility index (Phi) is 4.67. The van der Waals surface area contributed by atoms with E-state index in [1.807, 2.05) is 24.3 Å². The Morgan fingerprint density at radius 1 is 1.32 bits per heavy atom. The number of ether oxygens (including phenoxy) is 1. The third-order valence-corrected chi connectivity index (χ3v) is 5.38. The molecule has 0 aromatic heterocycles. The summed E-state index contributed by atoms with van der Waals surface area (Å²) in [4.78, 5) is 12.5. The summed E-state index contributed by atoms with van der Waals surface area (Å²) in [5, 5.41) is 3.09. The molecule has 2 bridgehead atoms. The molecule has 2 fully saturated rings. The standard InChI is InChI=1S/C18H26N2O2/c1-22-16-7-2-4-12(8-16)11-20-18(21)15-9-13-5-3-6-14(10-15)17(13)19/h2,4,7-8,13-15,17H,3,5-6,9-11,19H2,1H3,(H,20,21). The molecular formula is C18H26N2O2. The molecule has 1 aromatic carbocycles. The Morgan fingerprint density at radius 3 is 2.73 bits per heavy atom. The van der Waals surface area contributed by atoms with Gasteiger partial charge in [-0.3, -0.25) is 4.79 Å². The predicted octanol–water partition coefficient (Wildman–Crippen LogP) is 2.46. The molecule has 1 aromatic rings. The van der Waals surface area contributed by atoms with Crippen molar-refractivity contribution in [3.05, 3.63) is 29.8 Å². The predicted molar refractivity (Wildman–Crippen MR) is 86.4 cm³/mol. The van der Waals surface area contributed by atoms with Crippen molar-refractivity contribution in [2.75, 3.05) is 7.11 Å². The van der Waals surface area contributed by atoms with E-state index in [4.69, 9.17) is 10.5 Å². The first-order chi connectivity index (χ1) is 10.7. The molecule has 3 rings (SSSR count). The van der Waals surface area contributed by atoms with Gasteiger partial charge in [-0.1, -0.05) is 18.6 Å². The van der Waals surface area contributed by atoms with Crippen LogP contribution in [0.4, 0.5) is 0 Å². The van der Waals surface area contributed by atoms with E-state index in [0.29, 0.717) is 24.4 Å². The quantitative estimate of drug-likeness (QED) is 0.898. The number of benzene rings is 1. The summed E-state index contributed by atoms with van der Waals surface area (Å²) < 4.78 is 5.21. The minimum absolute atomic E-state index is 0.140. The van der Waals surface area contributed by atoms with E-state index in [1.54, 1.807) is 7.11 Å². The molecule has 0 spiro atoms. The van der Waals surface area contributed by atoms with Gasteiger partial charge in [-0.2, -0.15) is 0 Å². The molecule has 2 saturated carbocycles. The summed E-state index contributed by atoms with van der Waals surface area (Å²) in [6.07, 6.45) is 5.58. The average Bonchev–Trinajstić information content (AvgIpc) is 2.52. The fourth-order valence-electron chi connectivity index (χ4n) is 4.12. The minimum atomic E-state index is 0.140. The van der Waals surface area contributed by atoms with E-state index in [1.165, 1.54) is 19.3 Å². The smallest absolute Gasteiger partial charge is 0.223 e. The number of nitrogens with one attached hydrogen (secondary N) is 1. The first kappa shape index (κ1) is 15.3. The fraction of sp³-hybridized carbons (Fsp3) is 0.611. The summed E-state index contributed by atoms with van der Waals surface area (Å²) in [7, 11) is 1.65. The molecule has 4 nitrogen and oxygen atoms in total. The molecule has 3 N–H and O–H groups in total. The summed E-state index contributed by atoms with van der Waals surface area (Å²) in [6, 6.07) is 8.15. The lowest BCUT2D eigenvalue weighted by atomic mass is 9.65. The lowest BCUT2D eigenvalue weighted by Gasteiger charge is -2.43. The van der Waals surface area contributed by atoms with Crippen LogP contribution in [0.25, 0.3) is 0 Å². The molecule has 4 heteroatoms. The highest BCUT2D eigenvalue weighted by molar-refractivity contribution is 5.78. The zero-order valence-electron chi connectivity index (χ0n) is 13.3. The van der Waals surface area contributed by atoms with Gasteiger partial charge in [0.25, 0.3) is 0 Å². The third kappa shape index (κ3) is 3.27. The van der Waals surface area contributed by atoms with Gasteiger partial charge in [-0.05, 0) is 55.2 Å². The maximum absolute atomic E-state index is 12.5. The maximum Gasteiger partial charge on any atom is 0.223 e. The molecular weight excluding hydrogens is 276 g/mol. The average molecular weight is 302 g/mol. The molecule has 0 heterocycles. The van der Waals surface area contributed by atoms with Crippen molar-refractivity contribution in [2.24, 2.45) is 23.5 Å². The summed E-state index contributed by atoms with van der Waals surface area (Å²) in [6.45, 7) is 0.563. The molecule has 0 saturated heterocycles. The van der Waals surface area contributed by atoms with E-state index in [0.717, 1.165) is 24.2 Å². The molecule has 0 radical (unpaired) electrons. The second-order valence-electron chi connectivity index (χ2n) is 6.77. The largest absolute Gasteiger partial charge is 0.497 e. The summed E-state index contributed by atoms with van der Waals surface area (Å²) >= 11 is 0. The number of carbonyl (C=O) groups is 1. The molecule has 0 aliphatic heterocycles. The van der Waals surface area contributed by atoms with E-state index in [-0.39, 0.29) is 11.8 Å². The molecule has 2 aliphatic carbocycles. The van der Waals surface area contributed by atoms with E-state index >= 15 is 0 Å². The van der Waals surface area contributed by atoms with Crippen LogP contribution in [0.15, 0.2) is 24.3 Å². The van der Waals surface area contributed by atoms with Crippen LogP contribution >= 0.6 is 0 Å². The van der Waals surface area contributed by atoms with Crippen LogP contribution < -0.4 is 15.8 Å². The molecule has 22 heavy (non-hydrogen) atoms. The number of rotatable bonds is 4. The minimum Gasteiger partial charge on any atom is -0.497 e. The highest BCUT2D eigenvalue weighted by atomic mass is 16.5. The van der Waals surface area contributed by atoms with Crippen LogP contribution in [0.3, 0.4) is 0 Å². The first-order valence-electron chi connectivity index (χ1n) is 8.33. The Morgan fingerprint density at radius 2 is 2.05 bits per heavy atom. The second-order valence-corrected chi connectivity index (χ2v) is 6.77. The van der Waals surface area contributed by atoms with Crippen LogP contribution in [0, 0.1) is 17.8 Å². The zero-order chi connectivity index (χ0) is 15.5. The van der Waals surface area contributed by atoms with Gasteiger partial charge in [0, 0.05) is 18.5 Å². The van der Waals surface area contributed by atoms with Crippen LogP contribution in [0.1, 0.15) is 37.7 Å². The molecule has 2 atom stereocenters. The van der Waals surface area contributed by atoms with Crippen LogP contribution in [-0.2, 0) is 11.3 Å². The zero-order valence-corrected chi connectivity index (χ0v) is 13.3. The molecule has 2 unspecified atom stereocenters. The normalized spacial score (nSPS) is 30.6. The van der Waals surface area contributed by atoms with Crippen molar-refractivity contribution >= 4 is 5.91 Å². The number of methoxy groups -OCH3 is 1. The second kappa shape index (κ2) is 6.69. The van der Waals surface area contributed by atoms with Gasteiger partial charge in [0.15, 0.2) is 0 Å². The van der Waals surface area contributed by atoms with Gasteiger partial charge in [0.05, 0.1) is 7.11 Å². The number of hydrogen-bond acceptors (Lipinski definition) is 3. The first-order valence-corrected chi connectivity index (χ1v) is 8.33. The number of fused-ring (bicyclic) bond motifs is 2. The Labute approximate surface area is 132 Å². The van der Waals surface area contributed by atoms with Gasteiger partial charge in [0.2, 0.25) is 5.91 Å². The number of nitrogens with two attached hydrogens (primary N) is 1. The Hall–Kier alpha value is -1.55. The van der Waals surface area contributed by atoms with E-state index in [9.17, 15) is 4.79 Å². The van der Waals surface area contributed by atoms with Crippen molar-refractivity contribution in [2.45, 2.75) is 44.7 Å². The maximum atomic E-state index is 12.5. The van der Waals surface area contributed by atoms with Gasteiger partial charge in [-0.15, -0.1) is 0 Å². The van der Waals surface area contributed by atoms with Gasteiger partial charge in [0.1, 0.15) is 5.75 Å². The third-order valence-electron chi connectivity index (χ3n) is 5.38. The van der Waals surface area contributed by atoms with Crippen LogP contribution in [0.2, 0.25) is 0 Å². The molecule has 2 aliphatic rings. The van der Waals surface area contributed by atoms with Crippen molar-refractivity contribution in [1.82, 2.24) is 5.32 Å². The van der Waals surface area contributed by atoms with Crippen molar-refractivity contribution in [3.8, 4) is 5.75 Å². The molecule has 1 amide bonds. The van der Waals surface area contributed by atoms with Crippen molar-refractivity contribution < 1.29 is 9.53 Å². The fourth-order valence-corrected chi connectivity index (χ4v) is 4.12. The number of amides is 1. The SMILES string of the molecule is COc1cccc(CNC(=O)C2CC3CCCC(C2)C3N)c1. The topological polar surface area (TPSA) is 64.3 Å². The summed E-state index contributed by atoms with van der Waals surface area (Å²) in [5.41, 5.74) is 7.37. The highest BCUT2D eigenvalue weighted by Gasteiger charge is 2.40. The van der Waals surface area contributed by atoms with Crippen LogP contribution in [0.5, 0.6) is 5.75 Å². The van der Waals surface area contributed by atoms with E-state index < -0.39 is 0 Å². The van der Waals surface area contributed by atoms with Gasteiger partial charge in [-0.25, -0.2) is 0 Å².